The normalized spacial score (nSPS) is 10.1. The first kappa shape index (κ1) is 16.4. The Balaban J connectivity index is 1.77. The molecular formula is C16H16IN3O2. The summed E-state index contributed by atoms with van der Waals surface area (Å²) in [5.74, 6) is -0.340. The van der Waals surface area contributed by atoms with Crippen molar-refractivity contribution in [3.05, 3.63) is 63.0 Å². The number of hydrogen-bond acceptors (Lipinski definition) is 3. The van der Waals surface area contributed by atoms with Gasteiger partial charge >= 0.3 is 0 Å². The quantitative estimate of drug-likeness (QED) is 0.588. The highest BCUT2D eigenvalue weighted by Crippen LogP contribution is 2.10. The van der Waals surface area contributed by atoms with E-state index in [1.165, 1.54) is 6.20 Å². The largest absolute Gasteiger partial charge is 0.350 e. The van der Waals surface area contributed by atoms with Crippen LogP contribution in [-0.2, 0) is 0 Å². The smallest absolute Gasteiger partial charge is 0.252 e. The standard InChI is InChI=1S/C16H16IN3O2/c1-11-6-7-12(10-20-11)15(21)18-8-9-19-16(22)13-4-2-3-5-14(13)17/h2-7,10H,8-9H2,1H3,(H,18,21)(H,19,22). The molecule has 6 heteroatoms. The van der Waals surface area contributed by atoms with Gasteiger partial charge in [-0.05, 0) is 53.8 Å². The molecule has 0 aliphatic rings. The Labute approximate surface area is 142 Å². The van der Waals surface area contributed by atoms with Crippen LogP contribution in [0.5, 0.6) is 0 Å². The van der Waals surface area contributed by atoms with Crippen molar-refractivity contribution in [1.82, 2.24) is 15.6 Å². The van der Waals surface area contributed by atoms with Gasteiger partial charge in [0.25, 0.3) is 11.8 Å². The van der Waals surface area contributed by atoms with Crippen LogP contribution in [0, 0.1) is 10.5 Å². The number of pyridine rings is 1. The number of amides is 2. The van der Waals surface area contributed by atoms with Gasteiger partial charge in [-0.2, -0.15) is 0 Å². The first-order valence-electron chi connectivity index (χ1n) is 6.81. The molecule has 2 rings (SSSR count). The van der Waals surface area contributed by atoms with Crippen molar-refractivity contribution < 1.29 is 9.59 Å². The summed E-state index contributed by atoms with van der Waals surface area (Å²) in [6.45, 7) is 2.60. The van der Waals surface area contributed by atoms with Gasteiger partial charge in [0.2, 0.25) is 0 Å². The number of hydrogen-bond donors (Lipinski definition) is 2. The van der Waals surface area contributed by atoms with Gasteiger partial charge in [0.1, 0.15) is 0 Å². The van der Waals surface area contributed by atoms with Crippen LogP contribution in [0.4, 0.5) is 0 Å². The van der Waals surface area contributed by atoms with E-state index in [0.717, 1.165) is 9.26 Å². The second-order valence-electron chi connectivity index (χ2n) is 4.68. The van der Waals surface area contributed by atoms with E-state index in [2.05, 4.69) is 38.2 Å². The molecule has 0 spiro atoms. The lowest BCUT2D eigenvalue weighted by molar-refractivity contribution is 0.0927. The van der Waals surface area contributed by atoms with Crippen LogP contribution in [0.2, 0.25) is 0 Å². The van der Waals surface area contributed by atoms with Crippen LogP contribution in [0.25, 0.3) is 0 Å². The van der Waals surface area contributed by atoms with Crippen molar-refractivity contribution in [3.63, 3.8) is 0 Å². The number of benzene rings is 1. The molecule has 0 unspecified atom stereocenters. The Kier molecular flexibility index (Phi) is 5.88. The van der Waals surface area contributed by atoms with Crippen LogP contribution >= 0.6 is 22.6 Å². The molecule has 0 atom stereocenters. The fraction of sp³-hybridized carbons (Fsp3) is 0.188. The molecule has 0 aliphatic heterocycles. The third-order valence-electron chi connectivity index (χ3n) is 2.99. The minimum absolute atomic E-state index is 0.142. The first-order valence-corrected chi connectivity index (χ1v) is 7.89. The van der Waals surface area contributed by atoms with Gasteiger partial charge < -0.3 is 10.6 Å². The highest BCUT2D eigenvalue weighted by molar-refractivity contribution is 14.1. The maximum Gasteiger partial charge on any atom is 0.252 e. The number of nitrogens with zero attached hydrogens (tertiary/aromatic N) is 1. The Bertz CT molecular complexity index is 671. The monoisotopic (exact) mass is 409 g/mol. The van der Waals surface area contributed by atoms with Crippen LogP contribution in [-0.4, -0.2) is 29.9 Å². The van der Waals surface area contributed by atoms with E-state index in [-0.39, 0.29) is 11.8 Å². The van der Waals surface area contributed by atoms with Gasteiger partial charge in [-0.25, -0.2) is 0 Å². The average molecular weight is 409 g/mol. The summed E-state index contributed by atoms with van der Waals surface area (Å²) in [7, 11) is 0. The lowest BCUT2D eigenvalue weighted by Gasteiger charge is -2.08. The van der Waals surface area contributed by atoms with Crippen LogP contribution in [0.3, 0.4) is 0 Å². The number of carbonyl (C=O) groups is 2. The number of aryl methyl sites for hydroxylation is 1. The molecule has 1 heterocycles. The van der Waals surface area contributed by atoms with Crippen molar-refractivity contribution in [2.24, 2.45) is 0 Å². The summed E-state index contributed by atoms with van der Waals surface area (Å²) < 4.78 is 0.896. The summed E-state index contributed by atoms with van der Waals surface area (Å²) in [4.78, 5) is 27.9. The summed E-state index contributed by atoms with van der Waals surface area (Å²) in [5.41, 5.74) is 2.01. The van der Waals surface area contributed by atoms with E-state index >= 15 is 0 Å². The summed E-state index contributed by atoms with van der Waals surface area (Å²) in [6.07, 6.45) is 1.54. The molecule has 0 aliphatic carbocycles. The maximum atomic E-state index is 12.0. The molecule has 2 aromatic rings. The van der Waals surface area contributed by atoms with Gasteiger partial charge in [-0.3, -0.25) is 14.6 Å². The second kappa shape index (κ2) is 7.88. The molecule has 0 saturated heterocycles. The number of carbonyl (C=O) groups excluding carboxylic acids is 2. The van der Waals surface area contributed by atoms with Gasteiger partial charge in [0.15, 0.2) is 0 Å². The van der Waals surface area contributed by atoms with Gasteiger partial charge in [-0.1, -0.05) is 12.1 Å². The minimum atomic E-state index is -0.198. The minimum Gasteiger partial charge on any atom is -0.350 e. The molecule has 0 radical (unpaired) electrons. The molecule has 0 fully saturated rings. The van der Waals surface area contributed by atoms with E-state index in [0.29, 0.717) is 24.2 Å². The molecule has 0 saturated carbocycles. The predicted molar refractivity (Wildman–Crippen MR) is 92.8 cm³/mol. The molecule has 22 heavy (non-hydrogen) atoms. The number of rotatable bonds is 5. The SMILES string of the molecule is Cc1ccc(C(=O)NCCNC(=O)c2ccccc2I)cn1. The van der Waals surface area contributed by atoms with Crippen molar-refractivity contribution >= 4 is 34.4 Å². The average Bonchev–Trinajstić information content (AvgIpc) is 2.52. The molecule has 2 amide bonds. The second-order valence-corrected chi connectivity index (χ2v) is 5.84. The van der Waals surface area contributed by atoms with Gasteiger partial charge in [0.05, 0.1) is 11.1 Å². The fourth-order valence-electron chi connectivity index (χ4n) is 1.80. The van der Waals surface area contributed by atoms with Crippen LogP contribution < -0.4 is 10.6 Å². The van der Waals surface area contributed by atoms with E-state index in [9.17, 15) is 9.59 Å². The van der Waals surface area contributed by atoms with Gasteiger partial charge in [0, 0.05) is 28.6 Å². The molecular weight excluding hydrogens is 393 g/mol. The first-order chi connectivity index (χ1) is 10.6. The molecule has 0 bridgehead atoms. The Morgan fingerprint density at radius 1 is 1.05 bits per heavy atom. The summed E-state index contributed by atoms with van der Waals surface area (Å²) in [5, 5.41) is 5.53. The third kappa shape index (κ3) is 4.52. The van der Waals surface area contributed by atoms with E-state index in [1.807, 2.05) is 25.1 Å². The van der Waals surface area contributed by atoms with Crippen molar-refractivity contribution in [2.45, 2.75) is 6.92 Å². The zero-order valence-corrected chi connectivity index (χ0v) is 14.3. The summed E-state index contributed by atoms with van der Waals surface area (Å²) >= 11 is 2.12. The van der Waals surface area contributed by atoms with E-state index < -0.39 is 0 Å². The number of nitrogens with one attached hydrogen (secondary N) is 2. The van der Waals surface area contributed by atoms with Crippen molar-refractivity contribution in [2.75, 3.05) is 13.1 Å². The maximum absolute atomic E-state index is 12.0. The molecule has 114 valence electrons. The molecule has 5 nitrogen and oxygen atoms in total. The van der Waals surface area contributed by atoms with Gasteiger partial charge in [-0.15, -0.1) is 0 Å². The number of aromatic nitrogens is 1. The van der Waals surface area contributed by atoms with Crippen molar-refractivity contribution in [3.8, 4) is 0 Å². The topological polar surface area (TPSA) is 71.1 Å². The zero-order chi connectivity index (χ0) is 15.9. The predicted octanol–water partition coefficient (Wildman–Crippen LogP) is 2.15. The third-order valence-corrected chi connectivity index (χ3v) is 3.93. The highest BCUT2D eigenvalue weighted by Gasteiger charge is 2.09. The Morgan fingerprint density at radius 2 is 1.73 bits per heavy atom. The van der Waals surface area contributed by atoms with Crippen LogP contribution in [0.15, 0.2) is 42.6 Å². The fourth-order valence-corrected chi connectivity index (χ4v) is 2.43. The molecule has 2 N–H and O–H groups in total. The van der Waals surface area contributed by atoms with E-state index in [1.54, 1.807) is 18.2 Å². The lowest BCUT2D eigenvalue weighted by Crippen LogP contribution is -2.35. The van der Waals surface area contributed by atoms with E-state index in [4.69, 9.17) is 0 Å². The van der Waals surface area contributed by atoms with Crippen LogP contribution in [0.1, 0.15) is 26.4 Å². The molecule has 1 aromatic heterocycles. The highest BCUT2D eigenvalue weighted by atomic mass is 127. The lowest BCUT2D eigenvalue weighted by atomic mass is 10.2. The van der Waals surface area contributed by atoms with Crippen molar-refractivity contribution in [1.29, 1.82) is 0 Å². The zero-order valence-electron chi connectivity index (χ0n) is 12.1. The Hall–Kier alpha value is -1.96. The molecule has 1 aromatic carbocycles. The Morgan fingerprint density at radius 3 is 2.36 bits per heavy atom. The number of halogens is 1. The summed E-state index contributed by atoms with van der Waals surface area (Å²) in [6, 6.07) is 10.9.